The molecule has 1 fully saturated rings. The van der Waals surface area contributed by atoms with Crippen LogP contribution >= 0.6 is 0 Å². The van der Waals surface area contributed by atoms with Gasteiger partial charge in [-0.25, -0.2) is 8.42 Å². The molecule has 0 aromatic heterocycles. The molecule has 1 aliphatic heterocycles. The monoisotopic (exact) mass is 355 g/mol. The second-order valence-corrected chi connectivity index (χ2v) is 7.49. The van der Waals surface area contributed by atoms with Crippen molar-refractivity contribution in [3.8, 4) is 0 Å². The molecule has 1 aromatic carbocycles. The lowest BCUT2D eigenvalue weighted by molar-refractivity contribution is -0.118. The fourth-order valence-electron chi connectivity index (χ4n) is 2.59. The van der Waals surface area contributed by atoms with Crippen LogP contribution in [0.3, 0.4) is 0 Å². The number of benzene rings is 1. The van der Waals surface area contributed by atoms with Crippen molar-refractivity contribution in [2.24, 2.45) is 0 Å². The molecule has 24 heavy (non-hydrogen) atoms. The largest absolute Gasteiger partial charge is 0.379 e. The summed E-state index contributed by atoms with van der Waals surface area (Å²) in [5.41, 5.74) is 0.590. The number of ether oxygens (including phenoxy) is 1. The van der Waals surface area contributed by atoms with E-state index in [0.29, 0.717) is 38.5 Å². The number of nitrogens with one attached hydrogen (secondary N) is 1. The summed E-state index contributed by atoms with van der Waals surface area (Å²) in [6.45, 7) is 7.55. The molecule has 134 valence electrons. The van der Waals surface area contributed by atoms with Crippen LogP contribution in [0.5, 0.6) is 0 Å². The molecule has 7 nitrogen and oxygen atoms in total. The zero-order valence-electron chi connectivity index (χ0n) is 14.2. The van der Waals surface area contributed by atoms with Crippen LogP contribution in [0, 0.1) is 0 Å². The van der Waals surface area contributed by atoms with E-state index in [-0.39, 0.29) is 10.8 Å². The van der Waals surface area contributed by atoms with Gasteiger partial charge in [0.05, 0.1) is 24.7 Å². The van der Waals surface area contributed by atoms with Crippen LogP contribution in [0.2, 0.25) is 0 Å². The molecular weight excluding hydrogens is 330 g/mol. The van der Waals surface area contributed by atoms with Crippen molar-refractivity contribution >= 4 is 21.6 Å². The summed E-state index contributed by atoms with van der Waals surface area (Å²) < 4.78 is 31.5. The Bertz CT molecular complexity index is 636. The Hall–Kier alpha value is -1.48. The number of morpholine rings is 1. The summed E-state index contributed by atoms with van der Waals surface area (Å²) in [4.78, 5) is 14.3. The summed E-state index contributed by atoms with van der Waals surface area (Å²) in [5, 5.41) is 2.80. The van der Waals surface area contributed by atoms with Crippen molar-refractivity contribution in [1.82, 2.24) is 9.21 Å². The number of nitrogens with zero attached hydrogens (tertiary/aromatic N) is 2. The van der Waals surface area contributed by atoms with Gasteiger partial charge in [0.15, 0.2) is 0 Å². The number of hydrogen-bond acceptors (Lipinski definition) is 5. The summed E-state index contributed by atoms with van der Waals surface area (Å²) in [6, 6.07) is 6.29. The van der Waals surface area contributed by atoms with E-state index in [1.807, 2.05) is 4.90 Å². The minimum absolute atomic E-state index is 0.115. The third kappa shape index (κ3) is 4.76. The van der Waals surface area contributed by atoms with Crippen molar-refractivity contribution in [1.29, 1.82) is 0 Å². The lowest BCUT2D eigenvalue weighted by Gasteiger charge is -2.25. The second kappa shape index (κ2) is 8.57. The lowest BCUT2D eigenvalue weighted by Crippen LogP contribution is -2.41. The van der Waals surface area contributed by atoms with E-state index in [1.165, 1.54) is 16.4 Å². The molecule has 0 saturated carbocycles. The smallest absolute Gasteiger partial charge is 0.243 e. The standard InChI is InChI=1S/C16H25N3O4S/c1-3-19(4-2)24(21,22)15-7-5-14(6-8-15)17-16(20)13-18-9-11-23-12-10-18/h5-8H,3-4,9-13H2,1-2H3,(H,17,20). The summed E-state index contributed by atoms with van der Waals surface area (Å²) in [5.74, 6) is -0.115. The maximum atomic E-state index is 12.4. The van der Waals surface area contributed by atoms with Gasteiger partial charge in [-0.05, 0) is 24.3 Å². The predicted octanol–water partition coefficient (Wildman–Crippen LogP) is 0.988. The molecule has 0 atom stereocenters. The maximum Gasteiger partial charge on any atom is 0.243 e. The van der Waals surface area contributed by atoms with E-state index >= 15 is 0 Å². The first-order valence-corrected chi connectivity index (χ1v) is 9.61. The first-order chi connectivity index (χ1) is 11.5. The average Bonchev–Trinajstić information content (AvgIpc) is 2.57. The first-order valence-electron chi connectivity index (χ1n) is 8.17. The van der Waals surface area contributed by atoms with E-state index in [2.05, 4.69) is 5.32 Å². The fourth-order valence-corrected chi connectivity index (χ4v) is 4.04. The van der Waals surface area contributed by atoms with Crippen molar-refractivity contribution in [3.63, 3.8) is 0 Å². The van der Waals surface area contributed by atoms with Gasteiger partial charge in [0.2, 0.25) is 15.9 Å². The van der Waals surface area contributed by atoms with Crippen LogP contribution in [-0.2, 0) is 19.6 Å². The number of carbonyl (C=O) groups excluding carboxylic acids is 1. The molecule has 2 rings (SSSR count). The van der Waals surface area contributed by atoms with Crippen LogP contribution in [0.15, 0.2) is 29.2 Å². The van der Waals surface area contributed by atoms with E-state index in [4.69, 9.17) is 4.74 Å². The second-order valence-electron chi connectivity index (χ2n) is 5.55. The minimum atomic E-state index is -3.47. The van der Waals surface area contributed by atoms with Gasteiger partial charge in [-0.15, -0.1) is 0 Å². The molecule has 0 aliphatic carbocycles. The highest BCUT2D eigenvalue weighted by molar-refractivity contribution is 7.89. The Morgan fingerprint density at radius 3 is 2.29 bits per heavy atom. The fraction of sp³-hybridized carbons (Fsp3) is 0.562. The van der Waals surface area contributed by atoms with Gasteiger partial charge < -0.3 is 10.1 Å². The number of carbonyl (C=O) groups is 1. The average molecular weight is 355 g/mol. The van der Waals surface area contributed by atoms with Crippen LogP contribution in [0.4, 0.5) is 5.69 Å². The molecule has 1 amide bonds. The van der Waals surface area contributed by atoms with Gasteiger partial charge in [0, 0.05) is 31.9 Å². The summed E-state index contributed by atoms with van der Waals surface area (Å²) >= 11 is 0. The summed E-state index contributed by atoms with van der Waals surface area (Å²) in [7, 11) is -3.47. The first kappa shape index (κ1) is 18.9. The highest BCUT2D eigenvalue weighted by Gasteiger charge is 2.21. The summed E-state index contributed by atoms with van der Waals surface area (Å²) in [6.07, 6.45) is 0. The number of anilines is 1. The molecular formula is C16H25N3O4S. The van der Waals surface area contributed by atoms with E-state index in [9.17, 15) is 13.2 Å². The molecule has 1 aliphatic rings. The van der Waals surface area contributed by atoms with Crippen LogP contribution in [0.1, 0.15) is 13.8 Å². The predicted molar refractivity (Wildman–Crippen MR) is 92.4 cm³/mol. The Labute approximate surface area is 143 Å². The molecule has 8 heteroatoms. The Balaban J connectivity index is 1.97. The zero-order valence-corrected chi connectivity index (χ0v) is 15.0. The normalized spacial score (nSPS) is 16.3. The molecule has 0 spiro atoms. The van der Waals surface area contributed by atoms with Gasteiger partial charge in [-0.1, -0.05) is 13.8 Å². The quantitative estimate of drug-likeness (QED) is 0.789. The molecule has 0 unspecified atom stereocenters. The Kier molecular flexibility index (Phi) is 6.73. The van der Waals surface area contributed by atoms with Crippen LogP contribution < -0.4 is 5.32 Å². The third-order valence-corrected chi connectivity index (χ3v) is 6.02. The van der Waals surface area contributed by atoms with Gasteiger partial charge in [0.1, 0.15) is 0 Å². The molecule has 1 saturated heterocycles. The Morgan fingerprint density at radius 1 is 1.17 bits per heavy atom. The van der Waals surface area contributed by atoms with E-state index in [0.717, 1.165) is 13.1 Å². The molecule has 0 radical (unpaired) electrons. The van der Waals surface area contributed by atoms with E-state index < -0.39 is 10.0 Å². The van der Waals surface area contributed by atoms with Crippen molar-refractivity contribution in [3.05, 3.63) is 24.3 Å². The molecule has 1 N–H and O–H groups in total. The number of sulfonamides is 1. The highest BCUT2D eigenvalue weighted by atomic mass is 32.2. The van der Waals surface area contributed by atoms with E-state index in [1.54, 1.807) is 26.0 Å². The van der Waals surface area contributed by atoms with Crippen LogP contribution in [-0.4, -0.2) is 69.5 Å². The van der Waals surface area contributed by atoms with Crippen LogP contribution in [0.25, 0.3) is 0 Å². The highest BCUT2D eigenvalue weighted by Crippen LogP contribution is 2.18. The Morgan fingerprint density at radius 2 is 1.75 bits per heavy atom. The molecule has 1 heterocycles. The van der Waals surface area contributed by atoms with Gasteiger partial charge in [-0.2, -0.15) is 4.31 Å². The third-order valence-electron chi connectivity index (χ3n) is 3.95. The number of amides is 1. The van der Waals surface area contributed by atoms with Gasteiger partial charge in [0.25, 0.3) is 0 Å². The topological polar surface area (TPSA) is 79.0 Å². The lowest BCUT2D eigenvalue weighted by atomic mass is 10.3. The molecule has 1 aromatic rings. The van der Waals surface area contributed by atoms with Crippen molar-refractivity contribution in [2.75, 3.05) is 51.3 Å². The van der Waals surface area contributed by atoms with Gasteiger partial charge in [-0.3, -0.25) is 9.69 Å². The number of hydrogen-bond donors (Lipinski definition) is 1. The minimum Gasteiger partial charge on any atom is -0.379 e. The maximum absolute atomic E-state index is 12.4. The SMILES string of the molecule is CCN(CC)S(=O)(=O)c1ccc(NC(=O)CN2CCOCC2)cc1. The molecule has 0 bridgehead atoms. The van der Waals surface area contributed by atoms with Crippen molar-refractivity contribution in [2.45, 2.75) is 18.7 Å². The zero-order chi connectivity index (χ0) is 17.6. The van der Waals surface area contributed by atoms with Gasteiger partial charge >= 0.3 is 0 Å². The number of rotatable bonds is 7. The van der Waals surface area contributed by atoms with Crippen molar-refractivity contribution < 1.29 is 17.9 Å².